The first-order valence-corrected chi connectivity index (χ1v) is 10.5. The SMILES string of the molecule is NC(=S)N(/N=C/c1ccc(-c2ncn(-c3ccc(OC(F)(F)F)cc3)n2)cc1)c1c(F)cccc1F. The van der Waals surface area contributed by atoms with Crippen molar-refractivity contribution in [2.75, 3.05) is 5.01 Å². The number of alkyl halides is 3. The van der Waals surface area contributed by atoms with Crippen LogP contribution < -0.4 is 15.5 Å². The third-order valence-electron chi connectivity index (χ3n) is 4.68. The normalized spacial score (nSPS) is 11.6. The molecule has 4 aromatic rings. The molecule has 0 aliphatic carbocycles. The van der Waals surface area contributed by atoms with Crippen LogP contribution in [0.1, 0.15) is 5.56 Å². The Morgan fingerprint density at radius 1 is 1.00 bits per heavy atom. The maximum atomic E-state index is 14.1. The van der Waals surface area contributed by atoms with Crippen LogP contribution in [0.4, 0.5) is 27.6 Å². The minimum absolute atomic E-state index is 0.348. The van der Waals surface area contributed by atoms with E-state index in [4.69, 9.17) is 18.0 Å². The summed E-state index contributed by atoms with van der Waals surface area (Å²) in [5, 5.41) is 8.76. The molecule has 0 bridgehead atoms. The number of benzene rings is 3. The Labute approximate surface area is 206 Å². The van der Waals surface area contributed by atoms with E-state index in [1.165, 1.54) is 47.6 Å². The lowest BCUT2D eigenvalue weighted by atomic mass is 10.1. The second-order valence-electron chi connectivity index (χ2n) is 7.14. The Morgan fingerprint density at radius 2 is 1.64 bits per heavy atom. The van der Waals surface area contributed by atoms with Crippen LogP contribution in [0, 0.1) is 11.6 Å². The smallest absolute Gasteiger partial charge is 0.406 e. The summed E-state index contributed by atoms with van der Waals surface area (Å²) in [6.45, 7) is 0. The number of anilines is 1. The number of aromatic nitrogens is 3. The lowest BCUT2D eigenvalue weighted by Crippen LogP contribution is -2.32. The van der Waals surface area contributed by atoms with Crippen molar-refractivity contribution in [3.8, 4) is 22.8 Å². The van der Waals surface area contributed by atoms with E-state index in [2.05, 4.69) is 19.9 Å². The minimum atomic E-state index is -4.78. The molecule has 4 rings (SSSR count). The third kappa shape index (κ3) is 5.81. The molecule has 0 atom stereocenters. The van der Waals surface area contributed by atoms with Crippen molar-refractivity contribution in [2.45, 2.75) is 6.36 Å². The zero-order chi connectivity index (χ0) is 25.9. The molecule has 0 amide bonds. The van der Waals surface area contributed by atoms with Crippen LogP contribution in [0.3, 0.4) is 0 Å². The van der Waals surface area contributed by atoms with Crippen LogP contribution >= 0.6 is 12.2 Å². The second kappa shape index (κ2) is 10.1. The van der Waals surface area contributed by atoms with E-state index in [1.54, 1.807) is 24.3 Å². The number of para-hydroxylation sites is 1. The molecule has 1 aromatic heterocycles. The molecule has 1 heterocycles. The summed E-state index contributed by atoms with van der Waals surface area (Å²) in [4.78, 5) is 4.21. The van der Waals surface area contributed by atoms with Gasteiger partial charge in [0.25, 0.3) is 0 Å². The Kier molecular flexibility index (Phi) is 6.92. The molecular weight excluding hydrogens is 503 g/mol. The van der Waals surface area contributed by atoms with Gasteiger partial charge in [-0.2, -0.15) is 5.10 Å². The highest BCUT2D eigenvalue weighted by atomic mass is 32.1. The maximum absolute atomic E-state index is 14.1. The number of nitrogens with zero attached hydrogens (tertiary/aromatic N) is 5. The van der Waals surface area contributed by atoms with Gasteiger partial charge in [-0.1, -0.05) is 30.3 Å². The molecule has 3 aromatic carbocycles. The molecule has 13 heteroatoms. The Morgan fingerprint density at radius 3 is 2.22 bits per heavy atom. The van der Waals surface area contributed by atoms with Gasteiger partial charge in [-0.3, -0.25) is 0 Å². The summed E-state index contributed by atoms with van der Waals surface area (Å²) in [5.41, 5.74) is 6.77. The summed E-state index contributed by atoms with van der Waals surface area (Å²) in [5.74, 6) is -1.75. The minimum Gasteiger partial charge on any atom is -0.406 e. The summed E-state index contributed by atoms with van der Waals surface area (Å²) < 4.78 is 70.4. The van der Waals surface area contributed by atoms with Crippen LogP contribution in [-0.4, -0.2) is 32.5 Å². The largest absolute Gasteiger partial charge is 0.573 e. The summed E-state index contributed by atoms with van der Waals surface area (Å²) >= 11 is 4.87. The van der Waals surface area contributed by atoms with Crippen molar-refractivity contribution in [1.29, 1.82) is 0 Å². The van der Waals surface area contributed by atoms with Gasteiger partial charge in [0.1, 0.15) is 17.8 Å². The molecule has 184 valence electrons. The van der Waals surface area contributed by atoms with Gasteiger partial charge >= 0.3 is 6.36 Å². The number of hydrogen-bond donors (Lipinski definition) is 1. The Hall–Kier alpha value is -4.39. The number of rotatable bonds is 6. The lowest BCUT2D eigenvalue weighted by Gasteiger charge is -2.17. The van der Waals surface area contributed by atoms with Crippen LogP contribution in [-0.2, 0) is 0 Å². The van der Waals surface area contributed by atoms with Crippen molar-refractivity contribution in [3.05, 3.63) is 90.3 Å². The van der Waals surface area contributed by atoms with Gasteiger partial charge in [-0.05, 0) is 54.2 Å². The van der Waals surface area contributed by atoms with E-state index in [9.17, 15) is 22.0 Å². The molecule has 0 spiro atoms. The van der Waals surface area contributed by atoms with Crippen LogP contribution in [0.15, 0.2) is 78.2 Å². The van der Waals surface area contributed by atoms with Gasteiger partial charge < -0.3 is 10.5 Å². The average molecular weight is 518 g/mol. The summed E-state index contributed by atoms with van der Waals surface area (Å²) in [7, 11) is 0. The molecular formula is C23H15F5N6OS. The molecule has 0 aliphatic heterocycles. The van der Waals surface area contributed by atoms with E-state index in [-0.39, 0.29) is 10.9 Å². The van der Waals surface area contributed by atoms with Crippen molar-refractivity contribution < 1.29 is 26.7 Å². The molecule has 0 unspecified atom stereocenters. The fraction of sp³-hybridized carbons (Fsp3) is 0.0435. The van der Waals surface area contributed by atoms with E-state index < -0.39 is 23.7 Å². The molecule has 0 saturated heterocycles. The zero-order valence-electron chi connectivity index (χ0n) is 18.0. The number of halogens is 5. The fourth-order valence-corrected chi connectivity index (χ4v) is 3.22. The number of nitrogens with two attached hydrogens (primary N) is 1. The van der Waals surface area contributed by atoms with E-state index in [1.807, 2.05) is 0 Å². The molecule has 0 radical (unpaired) electrons. The van der Waals surface area contributed by atoms with E-state index in [0.29, 0.717) is 22.6 Å². The van der Waals surface area contributed by atoms with Crippen molar-refractivity contribution in [1.82, 2.24) is 14.8 Å². The fourth-order valence-electron chi connectivity index (χ4n) is 3.08. The summed E-state index contributed by atoms with van der Waals surface area (Å²) in [6, 6.07) is 15.2. The van der Waals surface area contributed by atoms with Crippen LogP contribution in [0.25, 0.3) is 17.1 Å². The average Bonchev–Trinajstić information content (AvgIpc) is 3.31. The maximum Gasteiger partial charge on any atom is 0.573 e. The Bertz CT molecular complexity index is 1380. The highest BCUT2D eigenvalue weighted by molar-refractivity contribution is 7.80. The number of thiocarbonyl (C=S) groups is 1. The molecule has 7 nitrogen and oxygen atoms in total. The Balaban J connectivity index is 1.49. The summed E-state index contributed by atoms with van der Waals surface area (Å²) in [6.07, 6.45) is -2.04. The second-order valence-corrected chi connectivity index (χ2v) is 7.56. The van der Waals surface area contributed by atoms with Crippen LogP contribution in [0.5, 0.6) is 5.75 Å². The number of hydrogen-bond acceptors (Lipinski definition) is 5. The van der Waals surface area contributed by atoms with Gasteiger partial charge in [0.05, 0.1) is 11.9 Å². The number of ether oxygens (including phenoxy) is 1. The zero-order valence-corrected chi connectivity index (χ0v) is 18.8. The molecule has 0 aliphatic rings. The lowest BCUT2D eigenvalue weighted by molar-refractivity contribution is -0.274. The van der Waals surface area contributed by atoms with Gasteiger partial charge in [-0.25, -0.2) is 23.5 Å². The molecule has 0 saturated carbocycles. The first kappa shape index (κ1) is 24.7. The predicted octanol–water partition coefficient (Wildman–Crippen LogP) is 5.20. The predicted molar refractivity (Wildman–Crippen MR) is 127 cm³/mol. The van der Waals surface area contributed by atoms with Crippen molar-refractivity contribution in [3.63, 3.8) is 0 Å². The molecule has 0 fully saturated rings. The quantitative estimate of drug-likeness (QED) is 0.164. The van der Waals surface area contributed by atoms with Gasteiger partial charge in [0.15, 0.2) is 22.6 Å². The first-order valence-electron chi connectivity index (χ1n) is 10.1. The van der Waals surface area contributed by atoms with Gasteiger partial charge in [0.2, 0.25) is 0 Å². The van der Waals surface area contributed by atoms with Gasteiger partial charge in [0, 0.05) is 5.56 Å². The first-order chi connectivity index (χ1) is 17.1. The third-order valence-corrected chi connectivity index (χ3v) is 4.85. The van der Waals surface area contributed by atoms with E-state index in [0.717, 1.165) is 17.1 Å². The number of hydrazone groups is 1. The van der Waals surface area contributed by atoms with Crippen LogP contribution in [0.2, 0.25) is 0 Å². The topological polar surface area (TPSA) is 81.6 Å². The monoisotopic (exact) mass is 518 g/mol. The van der Waals surface area contributed by atoms with Crippen molar-refractivity contribution >= 4 is 29.2 Å². The molecule has 36 heavy (non-hydrogen) atoms. The van der Waals surface area contributed by atoms with E-state index >= 15 is 0 Å². The highest BCUT2D eigenvalue weighted by Crippen LogP contribution is 2.25. The van der Waals surface area contributed by atoms with Gasteiger partial charge in [-0.15, -0.1) is 18.3 Å². The molecule has 2 N–H and O–H groups in total. The van der Waals surface area contributed by atoms with Crippen molar-refractivity contribution in [2.24, 2.45) is 10.8 Å². The standard InChI is InChI=1S/C23H15F5N6OS/c24-18-2-1-3-19(25)20(18)34(22(29)36)31-12-14-4-6-15(7-5-14)21-30-13-33(32-21)16-8-10-17(11-9-16)35-23(26,27)28/h1-13H,(H2,29,36)/b31-12+. The highest BCUT2D eigenvalue weighted by Gasteiger charge is 2.31.